The van der Waals surface area contributed by atoms with Gasteiger partial charge in [0.1, 0.15) is 6.04 Å². The zero-order chi connectivity index (χ0) is 16.1. The van der Waals surface area contributed by atoms with E-state index >= 15 is 0 Å². The number of hydrogen-bond donors (Lipinski definition) is 2. The Balaban J connectivity index is 2.30. The van der Waals surface area contributed by atoms with Crippen LogP contribution in [0.25, 0.3) is 10.9 Å². The summed E-state index contributed by atoms with van der Waals surface area (Å²) in [6.07, 6.45) is 1.73. The SMILES string of the molecule is C[C@@H](CC#N)[C@@H](NC(=O)c1cccc2cccnc12)C(N)=O. The number of aromatic nitrogens is 1. The molecule has 0 saturated carbocycles. The maximum Gasteiger partial charge on any atom is 0.254 e. The van der Waals surface area contributed by atoms with Crippen LogP contribution >= 0.6 is 0 Å². The molecule has 6 nitrogen and oxygen atoms in total. The molecule has 1 aromatic carbocycles. The smallest absolute Gasteiger partial charge is 0.254 e. The van der Waals surface area contributed by atoms with Crippen LogP contribution in [-0.2, 0) is 4.79 Å². The summed E-state index contributed by atoms with van der Waals surface area (Å²) in [6, 6.07) is 9.94. The summed E-state index contributed by atoms with van der Waals surface area (Å²) >= 11 is 0. The fourth-order valence-corrected chi connectivity index (χ4v) is 2.26. The maximum atomic E-state index is 12.4. The van der Waals surface area contributed by atoms with Gasteiger partial charge < -0.3 is 11.1 Å². The third kappa shape index (κ3) is 3.20. The second-order valence-electron chi connectivity index (χ2n) is 5.07. The Bertz CT molecular complexity index is 746. The summed E-state index contributed by atoms with van der Waals surface area (Å²) in [6.45, 7) is 1.69. The van der Waals surface area contributed by atoms with Crippen LogP contribution < -0.4 is 11.1 Å². The highest BCUT2D eigenvalue weighted by atomic mass is 16.2. The molecule has 0 unspecified atom stereocenters. The van der Waals surface area contributed by atoms with Crippen LogP contribution in [0.5, 0.6) is 0 Å². The lowest BCUT2D eigenvalue weighted by Crippen LogP contribution is -2.48. The lowest BCUT2D eigenvalue weighted by molar-refractivity contribution is -0.120. The zero-order valence-corrected chi connectivity index (χ0v) is 12.1. The Morgan fingerprint density at radius 3 is 2.77 bits per heavy atom. The number of nitrogens with two attached hydrogens (primary N) is 1. The minimum atomic E-state index is -0.897. The Hall–Kier alpha value is -2.94. The van der Waals surface area contributed by atoms with E-state index in [9.17, 15) is 9.59 Å². The van der Waals surface area contributed by atoms with E-state index in [1.165, 1.54) is 0 Å². The van der Waals surface area contributed by atoms with Gasteiger partial charge in [-0.15, -0.1) is 0 Å². The molecule has 0 aliphatic rings. The van der Waals surface area contributed by atoms with E-state index in [4.69, 9.17) is 11.0 Å². The van der Waals surface area contributed by atoms with Gasteiger partial charge in [0.2, 0.25) is 5.91 Å². The minimum absolute atomic E-state index is 0.127. The predicted molar refractivity (Wildman–Crippen MR) is 81.6 cm³/mol. The topological polar surface area (TPSA) is 109 Å². The van der Waals surface area contributed by atoms with Crippen molar-refractivity contribution in [1.29, 1.82) is 5.26 Å². The molecule has 1 heterocycles. The molecule has 1 aromatic heterocycles. The van der Waals surface area contributed by atoms with Crippen LogP contribution in [0, 0.1) is 17.2 Å². The molecule has 6 heteroatoms. The van der Waals surface area contributed by atoms with Crippen LogP contribution in [0.15, 0.2) is 36.5 Å². The summed E-state index contributed by atoms with van der Waals surface area (Å²) < 4.78 is 0. The van der Waals surface area contributed by atoms with Gasteiger partial charge in [0.15, 0.2) is 0 Å². The van der Waals surface area contributed by atoms with Crippen LogP contribution in [-0.4, -0.2) is 22.8 Å². The predicted octanol–water partition coefficient (Wildman–Crippen LogP) is 1.37. The van der Waals surface area contributed by atoms with Gasteiger partial charge in [-0.05, 0) is 18.1 Å². The number of amides is 2. The summed E-state index contributed by atoms with van der Waals surface area (Å²) in [7, 11) is 0. The number of nitrogens with zero attached hydrogens (tertiary/aromatic N) is 2. The van der Waals surface area contributed by atoms with Crippen molar-refractivity contribution in [3.05, 3.63) is 42.1 Å². The van der Waals surface area contributed by atoms with Gasteiger partial charge in [-0.25, -0.2) is 0 Å². The zero-order valence-electron chi connectivity index (χ0n) is 12.1. The van der Waals surface area contributed by atoms with Crippen molar-refractivity contribution in [3.63, 3.8) is 0 Å². The number of carbonyl (C=O) groups is 2. The molecule has 112 valence electrons. The molecule has 2 rings (SSSR count). The van der Waals surface area contributed by atoms with E-state index in [-0.39, 0.29) is 12.3 Å². The van der Waals surface area contributed by atoms with E-state index in [0.717, 1.165) is 5.39 Å². The van der Waals surface area contributed by atoms with Crippen molar-refractivity contribution in [2.24, 2.45) is 11.7 Å². The average molecular weight is 296 g/mol. The summed E-state index contributed by atoms with van der Waals surface area (Å²) in [5.41, 5.74) is 6.25. The van der Waals surface area contributed by atoms with Crippen molar-refractivity contribution in [2.75, 3.05) is 0 Å². The summed E-state index contributed by atoms with van der Waals surface area (Å²) in [5.74, 6) is -1.46. The molecule has 0 spiro atoms. The summed E-state index contributed by atoms with van der Waals surface area (Å²) in [5, 5.41) is 12.2. The second-order valence-corrected chi connectivity index (χ2v) is 5.07. The summed E-state index contributed by atoms with van der Waals surface area (Å²) in [4.78, 5) is 28.2. The first kappa shape index (κ1) is 15.4. The molecule has 2 atom stereocenters. The monoisotopic (exact) mass is 296 g/mol. The van der Waals surface area contributed by atoms with Gasteiger partial charge in [-0.3, -0.25) is 14.6 Å². The first-order valence-corrected chi connectivity index (χ1v) is 6.85. The van der Waals surface area contributed by atoms with Gasteiger partial charge in [0.25, 0.3) is 5.91 Å². The molecule has 0 saturated heterocycles. The number of nitrogens with one attached hydrogen (secondary N) is 1. The number of benzene rings is 1. The normalized spacial score (nSPS) is 13.1. The minimum Gasteiger partial charge on any atom is -0.368 e. The van der Waals surface area contributed by atoms with E-state index < -0.39 is 17.9 Å². The van der Waals surface area contributed by atoms with E-state index in [2.05, 4.69) is 10.3 Å². The van der Waals surface area contributed by atoms with Crippen molar-refractivity contribution in [3.8, 4) is 6.07 Å². The molecule has 3 N–H and O–H groups in total. The number of carbonyl (C=O) groups excluding carboxylic acids is 2. The van der Waals surface area contributed by atoms with Crippen molar-refractivity contribution in [2.45, 2.75) is 19.4 Å². The Morgan fingerprint density at radius 1 is 1.36 bits per heavy atom. The Morgan fingerprint density at radius 2 is 2.09 bits per heavy atom. The van der Waals surface area contributed by atoms with Gasteiger partial charge >= 0.3 is 0 Å². The first-order chi connectivity index (χ1) is 10.5. The van der Waals surface area contributed by atoms with Crippen molar-refractivity contribution >= 4 is 22.7 Å². The number of fused-ring (bicyclic) bond motifs is 1. The highest BCUT2D eigenvalue weighted by Gasteiger charge is 2.25. The number of para-hydroxylation sites is 1. The molecule has 2 amide bonds. The van der Waals surface area contributed by atoms with E-state index in [1.807, 2.05) is 18.2 Å². The average Bonchev–Trinajstić information content (AvgIpc) is 2.51. The van der Waals surface area contributed by atoms with Crippen LogP contribution in [0.3, 0.4) is 0 Å². The number of pyridine rings is 1. The molecular formula is C16H16N4O2. The molecule has 22 heavy (non-hydrogen) atoms. The largest absolute Gasteiger partial charge is 0.368 e. The second kappa shape index (κ2) is 6.68. The van der Waals surface area contributed by atoms with E-state index in [1.54, 1.807) is 31.3 Å². The van der Waals surface area contributed by atoms with Crippen LogP contribution in [0.2, 0.25) is 0 Å². The number of hydrogen-bond acceptors (Lipinski definition) is 4. The third-order valence-corrected chi connectivity index (χ3v) is 3.45. The fourth-order valence-electron chi connectivity index (χ4n) is 2.26. The van der Waals surface area contributed by atoms with Crippen LogP contribution in [0.4, 0.5) is 0 Å². The van der Waals surface area contributed by atoms with E-state index in [0.29, 0.717) is 11.1 Å². The lowest BCUT2D eigenvalue weighted by Gasteiger charge is -2.20. The Labute approximate surface area is 127 Å². The maximum absolute atomic E-state index is 12.4. The lowest BCUT2D eigenvalue weighted by atomic mass is 9.97. The third-order valence-electron chi connectivity index (χ3n) is 3.45. The standard InChI is InChI=1S/C16H16N4O2/c1-10(7-8-17)13(15(18)21)20-16(22)12-6-2-4-11-5-3-9-19-14(11)12/h2-6,9-10,13H,7H2,1H3,(H2,18,21)(H,20,22)/t10-,13+/m0/s1. The number of primary amides is 1. The highest BCUT2D eigenvalue weighted by Crippen LogP contribution is 2.16. The van der Waals surface area contributed by atoms with Gasteiger partial charge in [-0.1, -0.05) is 25.1 Å². The fraction of sp³-hybridized carbons (Fsp3) is 0.250. The highest BCUT2D eigenvalue weighted by molar-refractivity contribution is 6.06. The van der Waals surface area contributed by atoms with Gasteiger partial charge in [0.05, 0.1) is 17.1 Å². The molecule has 0 bridgehead atoms. The van der Waals surface area contributed by atoms with Crippen molar-refractivity contribution < 1.29 is 9.59 Å². The number of nitriles is 1. The Kier molecular flexibility index (Phi) is 4.69. The van der Waals surface area contributed by atoms with Crippen molar-refractivity contribution in [1.82, 2.24) is 10.3 Å². The molecule has 0 radical (unpaired) electrons. The number of rotatable bonds is 5. The quantitative estimate of drug-likeness (QED) is 0.868. The molecule has 0 aliphatic carbocycles. The molecule has 2 aromatic rings. The van der Waals surface area contributed by atoms with Gasteiger partial charge in [0, 0.05) is 18.0 Å². The molecule has 0 fully saturated rings. The van der Waals surface area contributed by atoms with Gasteiger partial charge in [-0.2, -0.15) is 5.26 Å². The first-order valence-electron chi connectivity index (χ1n) is 6.85. The molecular weight excluding hydrogens is 280 g/mol. The van der Waals surface area contributed by atoms with Crippen LogP contribution in [0.1, 0.15) is 23.7 Å². The molecule has 0 aliphatic heterocycles.